The van der Waals surface area contributed by atoms with Crippen molar-refractivity contribution in [3.8, 4) is 0 Å². The van der Waals surface area contributed by atoms with Gasteiger partial charge in [-0.1, -0.05) is 19.3 Å². The Kier molecular flexibility index (Phi) is 6.02. The number of nitrogens with zero attached hydrogens (tertiary/aromatic N) is 2. The molecule has 0 aromatic heterocycles. The lowest BCUT2D eigenvalue weighted by molar-refractivity contribution is -0.148. The molecule has 9 heteroatoms. The maximum Gasteiger partial charge on any atom is 0.327 e. The van der Waals surface area contributed by atoms with E-state index in [1.165, 1.54) is 18.7 Å². The van der Waals surface area contributed by atoms with Crippen LogP contribution >= 0.6 is 0 Å². The van der Waals surface area contributed by atoms with Gasteiger partial charge in [0, 0.05) is 12.8 Å². The first-order chi connectivity index (χ1) is 12.6. The van der Waals surface area contributed by atoms with E-state index in [0.29, 0.717) is 12.8 Å². The lowest BCUT2D eigenvalue weighted by Crippen LogP contribution is -2.49. The minimum Gasteiger partial charge on any atom is -0.508 e. The number of allylic oxidation sites excluding steroid dienone is 1. The fourth-order valence-electron chi connectivity index (χ4n) is 3.75. The van der Waals surface area contributed by atoms with Gasteiger partial charge in [0.15, 0.2) is 5.78 Å². The highest BCUT2D eigenvalue weighted by molar-refractivity contribution is 6.20. The molecule has 3 amide bonds. The number of nitrogens with one attached hydrogen (secondary N) is 1. The first-order valence-electron chi connectivity index (χ1n) is 8.85. The molecule has 9 nitrogen and oxygen atoms in total. The standard InChI is InChI=1S/C18H25N3O6/c1-11(19)15(12(2)22)13(23)10-27-14(24)9-21-16(25)18(20(3)17(21)26)7-5-4-6-8-18/h19,23H,4-10H2,1-3H3/b15-13-,19-11?. The molecule has 1 aliphatic carbocycles. The van der Waals surface area contributed by atoms with E-state index in [4.69, 9.17) is 10.1 Å². The normalized spacial score (nSPS) is 20.0. The average Bonchev–Trinajstić information content (AvgIpc) is 2.76. The molecule has 1 saturated heterocycles. The van der Waals surface area contributed by atoms with Crippen molar-refractivity contribution < 1.29 is 29.0 Å². The topological polar surface area (TPSA) is 128 Å². The van der Waals surface area contributed by atoms with Gasteiger partial charge in [-0.15, -0.1) is 0 Å². The molecule has 0 radical (unpaired) electrons. The summed E-state index contributed by atoms with van der Waals surface area (Å²) < 4.78 is 4.89. The molecule has 0 unspecified atom stereocenters. The number of urea groups is 1. The number of ether oxygens (including phenoxy) is 1. The lowest BCUT2D eigenvalue weighted by atomic mass is 9.81. The van der Waals surface area contributed by atoms with Gasteiger partial charge in [0.1, 0.15) is 24.4 Å². The second-order valence-electron chi connectivity index (χ2n) is 6.99. The largest absolute Gasteiger partial charge is 0.508 e. The number of carbonyl (C=O) groups excluding carboxylic acids is 4. The summed E-state index contributed by atoms with van der Waals surface area (Å²) >= 11 is 0. The van der Waals surface area contributed by atoms with Crippen molar-refractivity contribution >= 4 is 29.4 Å². The second-order valence-corrected chi connectivity index (χ2v) is 6.99. The Labute approximate surface area is 157 Å². The molecule has 2 rings (SSSR count). The van der Waals surface area contributed by atoms with Crippen LogP contribution in [0.15, 0.2) is 11.3 Å². The molecule has 2 aliphatic rings. The van der Waals surface area contributed by atoms with E-state index in [0.717, 1.165) is 24.2 Å². The van der Waals surface area contributed by atoms with Crippen molar-refractivity contribution in [1.29, 1.82) is 5.41 Å². The Bertz CT molecular complexity index is 705. The number of ketones is 1. The quantitative estimate of drug-likeness (QED) is 0.237. The molecule has 2 fully saturated rings. The molecule has 0 atom stereocenters. The molecule has 148 valence electrons. The van der Waals surface area contributed by atoms with Gasteiger partial charge in [0.05, 0.1) is 5.57 Å². The zero-order chi connectivity index (χ0) is 20.4. The molecular weight excluding hydrogens is 354 g/mol. The van der Waals surface area contributed by atoms with Crippen LogP contribution in [0.5, 0.6) is 0 Å². The number of Topliss-reactive ketones (excluding diaryl/α,β-unsaturated/α-hetero) is 1. The molecule has 1 saturated carbocycles. The first kappa shape index (κ1) is 20.6. The van der Waals surface area contributed by atoms with Crippen LogP contribution in [0.4, 0.5) is 4.79 Å². The molecule has 2 N–H and O–H groups in total. The van der Waals surface area contributed by atoms with Crippen LogP contribution in [0, 0.1) is 5.41 Å². The number of esters is 1. The van der Waals surface area contributed by atoms with E-state index in [2.05, 4.69) is 0 Å². The van der Waals surface area contributed by atoms with Crippen molar-refractivity contribution in [3.63, 3.8) is 0 Å². The van der Waals surface area contributed by atoms with Crippen molar-refractivity contribution in [2.24, 2.45) is 0 Å². The van der Waals surface area contributed by atoms with Gasteiger partial charge < -0.3 is 20.2 Å². The van der Waals surface area contributed by atoms with Gasteiger partial charge in [-0.2, -0.15) is 0 Å². The highest BCUT2D eigenvalue weighted by Gasteiger charge is 2.55. The van der Waals surface area contributed by atoms with Crippen LogP contribution < -0.4 is 0 Å². The summed E-state index contributed by atoms with van der Waals surface area (Å²) in [6.07, 6.45) is 3.84. The number of carbonyl (C=O) groups is 4. The van der Waals surface area contributed by atoms with Gasteiger partial charge >= 0.3 is 12.0 Å². The Hall–Kier alpha value is -2.71. The molecule has 0 bridgehead atoms. The predicted molar refractivity (Wildman–Crippen MR) is 95.4 cm³/mol. The average molecular weight is 379 g/mol. The van der Waals surface area contributed by atoms with E-state index < -0.39 is 48.1 Å². The predicted octanol–water partition coefficient (Wildman–Crippen LogP) is 1.57. The summed E-state index contributed by atoms with van der Waals surface area (Å²) in [5.41, 5.74) is -1.25. The number of aliphatic hydroxyl groups excluding tert-OH is 1. The number of hydrogen-bond acceptors (Lipinski definition) is 7. The van der Waals surface area contributed by atoms with E-state index in [9.17, 15) is 24.3 Å². The van der Waals surface area contributed by atoms with Crippen LogP contribution in [0.25, 0.3) is 0 Å². The third kappa shape index (κ3) is 3.86. The first-order valence-corrected chi connectivity index (χ1v) is 8.85. The molecule has 1 heterocycles. The monoisotopic (exact) mass is 379 g/mol. The minimum atomic E-state index is -0.880. The molecular formula is C18H25N3O6. The number of likely N-dealkylation sites (N-methyl/N-ethyl adjacent to an activating group) is 1. The number of rotatable bonds is 6. The third-order valence-corrected chi connectivity index (χ3v) is 5.16. The lowest BCUT2D eigenvalue weighted by Gasteiger charge is -2.35. The second kappa shape index (κ2) is 7.89. The zero-order valence-electron chi connectivity index (χ0n) is 15.8. The Morgan fingerprint density at radius 3 is 2.30 bits per heavy atom. The molecule has 0 aromatic carbocycles. The Morgan fingerprint density at radius 2 is 1.78 bits per heavy atom. The summed E-state index contributed by atoms with van der Waals surface area (Å²) in [5.74, 6) is -2.34. The van der Waals surface area contributed by atoms with Gasteiger partial charge in [-0.3, -0.25) is 19.3 Å². The smallest absolute Gasteiger partial charge is 0.327 e. The van der Waals surface area contributed by atoms with E-state index >= 15 is 0 Å². The van der Waals surface area contributed by atoms with Crippen LogP contribution in [-0.2, 0) is 19.1 Å². The Balaban J connectivity index is 2.04. The highest BCUT2D eigenvalue weighted by atomic mass is 16.5. The summed E-state index contributed by atoms with van der Waals surface area (Å²) in [5, 5.41) is 17.4. The fraction of sp³-hybridized carbons (Fsp3) is 0.611. The van der Waals surface area contributed by atoms with E-state index in [1.54, 1.807) is 7.05 Å². The number of aliphatic hydroxyl groups is 1. The van der Waals surface area contributed by atoms with E-state index in [-0.39, 0.29) is 11.3 Å². The molecule has 1 aliphatic heterocycles. The Morgan fingerprint density at radius 1 is 1.19 bits per heavy atom. The van der Waals surface area contributed by atoms with E-state index in [1.807, 2.05) is 0 Å². The van der Waals surface area contributed by atoms with Crippen LogP contribution in [0.3, 0.4) is 0 Å². The highest BCUT2D eigenvalue weighted by Crippen LogP contribution is 2.39. The van der Waals surface area contributed by atoms with Crippen molar-refractivity contribution in [1.82, 2.24) is 9.80 Å². The maximum atomic E-state index is 12.8. The minimum absolute atomic E-state index is 0.151. The van der Waals surface area contributed by atoms with Crippen LogP contribution in [-0.4, -0.2) is 70.0 Å². The van der Waals surface area contributed by atoms with Gasteiger partial charge in [-0.25, -0.2) is 4.79 Å². The molecule has 27 heavy (non-hydrogen) atoms. The van der Waals surface area contributed by atoms with Gasteiger partial charge in [0.2, 0.25) is 0 Å². The van der Waals surface area contributed by atoms with Gasteiger partial charge in [0.25, 0.3) is 5.91 Å². The van der Waals surface area contributed by atoms with Crippen LogP contribution in [0.1, 0.15) is 46.0 Å². The van der Waals surface area contributed by atoms with Crippen molar-refractivity contribution in [2.75, 3.05) is 20.2 Å². The number of imide groups is 1. The maximum absolute atomic E-state index is 12.8. The number of hydrogen-bond donors (Lipinski definition) is 2. The summed E-state index contributed by atoms with van der Waals surface area (Å²) in [7, 11) is 1.57. The zero-order valence-corrected chi connectivity index (χ0v) is 15.8. The van der Waals surface area contributed by atoms with Gasteiger partial charge in [-0.05, 0) is 26.7 Å². The fourth-order valence-corrected chi connectivity index (χ4v) is 3.75. The number of amides is 3. The summed E-state index contributed by atoms with van der Waals surface area (Å²) in [4.78, 5) is 51.0. The van der Waals surface area contributed by atoms with Crippen molar-refractivity contribution in [2.45, 2.75) is 51.5 Å². The summed E-state index contributed by atoms with van der Waals surface area (Å²) in [6, 6.07) is -0.543. The van der Waals surface area contributed by atoms with Crippen molar-refractivity contribution in [3.05, 3.63) is 11.3 Å². The summed E-state index contributed by atoms with van der Waals surface area (Å²) in [6.45, 7) is 1.35. The molecule has 1 spiro atoms. The van der Waals surface area contributed by atoms with Crippen LogP contribution in [0.2, 0.25) is 0 Å². The molecule has 0 aromatic rings. The third-order valence-electron chi connectivity index (χ3n) is 5.16. The SMILES string of the molecule is CC(=N)/C(C(C)=O)=C(/O)COC(=O)CN1C(=O)N(C)C2(CCCCC2)C1=O.